The summed E-state index contributed by atoms with van der Waals surface area (Å²) in [5.74, 6) is -1.38. The first-order valence-corrected chi connectivity index (χ1v) is 8.98. The quantitative estimate of drug-likeness (QED) is 0.600. The van der Waals surface area contributed by atoms with Crippen molar-refractivity contribution in [3.05, 3.63) is 47.1 Å². The van der Waals surface area contributed by atoms with Crippen LogP contribution in [-0.2, 0) is 4.79 Å². The maximum absolute atomic E-state index is 12.4. The lowest BCUT2D eigenvalue weighted by atomic mass is 9.86. The van der Waals surface area contributed by atoms with Crippen molar-refractivity contribution >= 4 is 11.8 Å². The van der Waals surface area contributed by atoms with Crippen LogP contribution in [-0.4, -0.2) is 39.3 Å². The molecule has 0 radical (unpaired) electrons. The van der Waals surface area contributed by atoms with Crippen molar-refractivity contribution in [3.63, 3.8) is 0 Å². The molecule has 1 aromatic rings. The molecule has 2 rings (SSSR count). The molecule has 0 saturated carbocycles. The van der Waals surface area contributed by atoms with Crippen LogP contribution >= 0.6 is 0 Å². The van der Waals surface area contributed by atoms with E-state index in [1.807, 2.05) is 26.0 Å². The van der Waals surface area contributed by atoms with Crippen LogP contribution in [0, 0.1) is 0 Å². The van der Waals surface area contributed by atoms with E-state index in [0.717, 1.165) is 24.0 Å². The third-order valence-corrected chi connectivity index (χ3v) is 4.73. The van der Waals surface area contributed by atoms with Crippen LogP contribution in [0.4, 0.5) is 0 Å². The number of rotatable bonds is 8. The van der Waals surface area contributed by atoms with Crippen molar-refractivity contribution in [1.29, 1.82) is 0 Å². The predicted octanol–water partition coefficient (Wildman–Crippen LogP) is 3.63. The van der Waals surface area contributed by atoms with Crippen LogP contribution in [0.25, 0.3) is 0 Å². The molecular formula is C21H26O6. The van der Waals surface area contributed by atoms with E-state index < -0.39 is 11.6 Å². The molecule has 1 aromatic carbocycles. The number of aliphatic carboxylic acids is 1. The zero-order valence-electron chi connectivity index (χ0n) is 15.7. The number of carbonyl (C=O) groups is 2. The van der Waals surface area contributed by atoms with Crippen molar-refractivity contribution in [2.45, 2.75) is 51.6 Å². The number of ether oxygens (including phenoxy) is 1. The van der Waals surface area contributed by atoms with Gasteiger partial charge in [0.25, 0.3) is 0 Å². The summed E-state index contributed by atoms with van der Waals surface area (Å²) >= 11 is 0. The van der Waals surface area contributed by atoms with E-state index >= 15 is 0 Å². The maximum atomic E-state index is 12.4. The van der Waals surface area contributed by atoms with E-state index in [9.17, 15) is 19.8 Å². The molecule has 0 amide bonds. The summed E-state index contributed by atoms with van der Waals surface area (Å²) in [6.07, 6.45) is 5.96. The van der Waals surface area contributed by atoms with Crippen molar-refractivity contribution in [1.82, 2.24) is 0 Å². The van der Waals surface area contributed by atoms with Crippen LogP contribution in [0.5, 0.6) is 11.5 Å². The van der Waals surface area contributed by atoms with Crippen molar-refractivity contribution in [3.8, 4) is 11.5 Å². The van der Waals surface area contributed by atoms with Gasteiger partial charge >= 0.3 is 5.97 Å². The molecule has 27 heavy (non-hydrogen) atoms. The Balaban J connectivity index is 2.06. The molecule has 0 spiro atoms. The van der Waals surface area contributed by atoms with Gasteiger partial charge in [0, 0.05) is 6.42 Å². The van der Waals surface area contributed by atoms with Gasteiger partial charge < -0.3 is 20.1 Å². The summed E-state index contributed by atoms with van der Waals surface area (Å²) in [7, 11) is 0. The summed E-state index contributed by atoms with van der Waals surface area (Å²) in [4.78, 5) is 24.3. The summed E-state index contributed by atoms with van der Waals surface area (Å²) in [6, 6.07) is 4.10. The Morgan fingerprint density at radius 2 is 1.93 bits per heavy atom. The molecule has 1 aliphatic rings. The number of carboxylic acid groups (broad SMARTS) is 1. The van der Waals surface area contributed by atoms with Gasteiger partial charge in [-0.25, -0.2) is 4.79 Å². The Labute approximate surface area is 158 Å². The van der Waals surface area contributed by atoms with Crippen molar-refractivity contribution in [2.75, 3.05) is 6.61 Å². The van der Waals surface area contributed by atoms with Crippen LogP contribution < -0.4 is 4.74 Å². The Morgan fingerprint density at radius 3 is 2.59 bits per heavy atom. The van der Waals surface area contributed by atoms with E-state index in [-0.39, 0.29) is 42.3 Å². The Hall–Kier alpha value is -2.60. The number of benzene rings is 1. The molecule has 0 aromatic heterocycles. The highest BCUT2D eigenvalue weighted by Gasteiger charge is 2.46. The molecule has 1 atom stereocenters. The van der Waals surface area contributed by atoms with E-state index in [1.54, 1.807) is 0 Å². The lowest BCUT2D eigenvalue weighted by Gasteiger charge is -2.34. The second-order valence-electron chi connectivity index (χ2n) is 7.02. The number of aliphatic hydroxyl groups is 1. The van der Waals surface area contributed by atoms with E-state index in [4.69, 9.17) is 9.84 Å². The van der Waals surface area contributed by atoms with Gasteiger partial charge in [0.2, 0.25) is 5.60 Å². The zero-order chi connectivity index (χ0) is 20.0. The molecular weight excluding hydrogens is 348 g/mol. The van der Waals surface area contributed by atoms with E-state index in [0.29, 0.717) is 6.42 Å². The Bertz CT molecular complexity index is 777. The number of carbonyl (C=O) groups excluding carboxylic acids is 1. The number of aromatic hydroxyl groups is 1. The average molecular weight is 374 g/mol. The van der Waals surface area contributed by atoms with Crippen molar-refractivity contribution < 1.29 is 29.6 Å². The number of hydrogen-bond donors (Lipinski definition) is 3. The highest BCUT2D eigenvalue weighted by atomic mass is 16.5. The lowest BCUT2D eigenvalue weighted by molar-refractivity contribution is -0.156. The molecule has 1 aliphatic heterocycles. The minimum Gasteiger partial charge on any atom is -0.508 e. The topological polar surface area (TPSA) is 104 Å². The second-order valence-corrected chi connectivity index (χ2v) is 7.02. The molecule has 0 aliphatic carbocycles. The average Bonchev–Trinajstić information content (AvgIpc) is 2.62. The molecule has 0 fully saturated rings. The number of phenolic OH excluding ortho intramolecular Hbond substituents is 1. The monoisotopic (exact) mass is 374 g/mol. The molecule has 3 N–H and O–H groups in total. The smallest absolute Gasteiger partial charge is 0.348 e. The van der Waals surface area contributed by atoms with Gasteiger partial charge in [0.15, 0.2) is 5.78 Å². The van der Waals surface area contributed by atoms with Gasteiger partial charge in [-0.05, 0) is 51.3 Å². The van der Waals surface area contributed by atoms with Crippen LogP contribution in [0.1, 0.15) is 56.3 Å². The van der Waals surface area contributed by atoms with Gasteiger partial charge in [-0.2, -0.15) is 0 Å². The number of Topliss-reactive ketones (excluding diaryl/α,β-unsaturated/α-hetero) is 1. The first-order valence-electron chi connectivity index (χ1n) is 8.98. The number of ketones is 1. The van der Waals surface area contributed by atoms with E-state index in [1.165, 1.54) is 18.2 Å². The fourth-order valence-corrected chi connectivity index (χ4v) is 3.06. The molecule has 6 heteroatoms. The number of aliphatic hydroxyl groups excluding tert-OH is 1. The minimum atomic E-state index is -1.59. The molecule has 6 nitrogen and oxygen atoms in total. The third-order valence-electron chi connectivity index (χ3n) is 4.73. The number of hydrogen-bond acceptors (Lipinski definition) is 5. The summed E-state index contributed by atoms with van der Waals surface area (Å²) < 4.78 is 5.72. The van der Waals surface area contributed by atoms with Gasteiger partial charge in [-0.1, -0.05) is 23.3 Å². The first kappa shape index (κ1) is 20.7. The summed E-state index contributed by atoms with van der Waals surface area (Å²) in [6.45, 7) is 3.89. The second kappa shape index (κ2) is 8.86. The van der Waals surface area contributed by atoms with Gasteiger partial charge in [-0.15, -0.1) is 0 Å². The number of fused-ring (bicyclic) bond motifs is 1. The normalized spacial score (nSPS) is 20.2. The highest BCUT2D eigenvalue weighted by molar-refractivity contribution is 6.03. The number of carboxylic acids is 1. The summed E-state index contributed by atoms with van der Waals surface area (Å²) in [5, 5.41) is 28.2. The maximum Gasteiger partial charge on any atom is 0.348 e. The summed E-state index contributed by atoms with van der Waals surface area (Å²) in [5.41, 5.74) is 0.659. The number of phenols is 1. The van der Waals surface area contributed by atoms with Crippen LogP contribution in [0.2, 0.25) is 0 Å². The largest absolute Gasteiger partial charge is 0.508 e. The van der Waals surface area contributed by atoms with Gasteiger partial charge in [-0.3, -0.25) is 4.79 Å². The third kappa shape index (κ3) is 5.20. The van der Waals surface area contributed by atoms with Gasteiger partial charge in [0.1, 0.15) is 11.5 Å². The zero-order valence-corrected chi connectivity index (χ0v) is 15.7. The van der Waals surface area contributed by atoms with Crippen LogP contribution in [0.3, 0.4) is 0 Å². The fraction of sp³-hybridized carbons (Fsp3) is 0.429. The molecule has 146 valence electrons. The molecule has 0 saturated heterocycles. The molecule has 0 bridgehead atoms. The fourth-order valence-electron chi connectivity index (χ4n) is 3.06. The number of allylic oxidation sites excluding steroid dienone is 3. The minimum absolute atomic E-state index is 0.0501. The highest BCUT2D eigenvalue weighted by Crippen LogP contribution is 2.38. The standard InChI is InChI=1S/C21H26O6/c1-14(5-3-6-15(2)13-22)7-4-10-21(20(25)26)12-18(24)17-11-16(23)8-9-19(17)27-21/h6-9,11,22-23H,3-5,10,12-13H2,1-2H3,(H,25,26)/b14-7+,15-6+/t21-/m1/s1. The Kier molecular flexibility index (Phi) is 6.80. The lowest BCUT2D eigenvalue weighted by Crippen LogP contribution is -2.49. The van der Waals surface area contributed by atoms with Gasteiger partial charge in [0.05, 0.1) is 18.6 Å². The molecule has 0 unspecified atom stereocenters. The molecule has 1 heterocycles. The SMILES string of the molecule is C/C(=C\CC/C(C)=C/CC[C@]1(C(=O)O)CC(=O)c2cc(O)ccc2O1)CO. The Morgan fingerprint density at radius 1 is 1.22 bits per heavy atom. The first-order chi connectivity index (χ1) is 12.8. The van der Waals surface area contributed by atoms with Crippen molar-refractivity contribution in [2.24, 2.45) is 0 Å². The van der Waals surface area contributed by atoms with Crippen LogP contribution in [0.15, 0.2) is 41.5 Å². The predicted molar refractivity (Wildman–Crippen MR) is 101 cm³/mol. The van der Waals surface area contributed by atoms with E-state index in [2.05, 4.69) is 0 Å².